The maximum Gasteiger partial charge on any atom is 0.410 e. The molecule has 2 heterocycles. The van der Waals surface area contributed by atoms with Gasteiger partial charge in [0.1, 0.15) is 5.60 Å². The largest absolute Gasteiger partial charge is 0.469 e. The summed E-state index contributed by atoms with van der Waals surface area (Å²) in [5.41, 5.74) is -0.500. The average molecular weight is 255 g/mol. The van der Waals surface area contributed by atoms with Crippen LogP contribution < -0.4 is 0 Å². The zero-order valence-electron chi connectivity index (χ0n) is 11.4. The Hall–Kier alpha value is -1.26. The van der Waals surface area contributed by atoms with Crippen LogP contribution in [0.2, 0.25) is 0 Å². The van der Waals surface area contributed by atoms with Crippen LogP contribution in [0.1, 0.15) is 40.0 Å². The standard InChI is InChI=1S/C13H21NO4/c1-13(2,3)18-12(16)14-8-5-6-10(14)9(7-8)11(15)17-4/h8-10H,5-7H2,1-4H3/t8-,9+,10+/m1/s1. The lowest BCUT2D eigenvalue weighted by Crippen LogP contribution is -2.41. The van der Waals surface area contributed by atoms with Crippen LogP contribution in [0.3, 0.4) is 0 Å². The van der Waals surface area contributed by atoms with Crippen molar-refractivity contribution in [3.8, 4) is 0 Å². The zero-order valence-corrected chi connectivity index (χ0v) is 11.4. The molecule has 102 valence electrons. The molecular weight excluding hydrogens is 234 g/mol. The van der Waals surface area contributed by atoms with Crippen molar-refractivity contribution in [3.63, 3.8) is 0 Å². The van der Waals surface area contributed by atoms with Crippen molar-refractivity contribution >= 4 is 12.1 Å². The number of rotatable bonds is 1. The Kier molecular flexibility index (Phi) is 3.25. The van der Waals surface area contributed by atoms with E-state index in [-0.39, 0.29) is 30.1 Å². The predicted octanol–water partition coefficient (Wildman–Crippen LogP) is 1.95. The summed E-state index contributed by atoms with van der Waals surface area (Å²) in [6, 6.07) is 0.0891. The SMILES string of the molecule is COC(=O)[C@H]1C[C@H]2CC[C@@H]1N2C(=O)OC(C)(C)C. The van der Waals surface area contributed by atoms with Crippen molar-refractivity contribution in [2.75, 3.05) is 7.11 Å². The highest BCUT2D eigenvalue weighted by molar-refractivity contribution is 5.77. The molecule has 0 aromatic rings. The molecule has 2 aliphatic rings. The van der Waals surface area contributed by atoms with Crippen LogP contribution in [-0.4, -0.2) is 41.8 Å². The van der Waals surface area contributed by atoms with Crippen molar-refractivity contribution in [1.29, 1.82) is 0 Å². The van der Waals surface area contributed by atoms with E-state index in [2.05, 4.69) is 0 Å². The van der Waals surface area contributed by atoms with Gasteiger partial charge in [-0.25, -0.2) is 4.79 Å². The van der Waals surface area contributed by atoms with Crippen molar-refractivity contribution < 1.29 is 19.1 Å². The van der Waals surface area contributed by atoms with Crippen LogP contribution >= 0.6 is 0 Å². The summed E-state index contributed by atoms with van der Waals surface area (Å²) < 4.78 is 10.2. The highest BCUT2D eigenvalue weighted by atomic mass is 16.6. The lowest BCUT2D eigenvalue weighted by Gasteiger charge is -2.27. The molecule has 0 saturated carbocycles. The molecule has 3 atom stereocenters. The molecule has 5 heteroatoms. The first-order chi connectivity index (χ1) is 8.33. The second-order valence-electron chi connectivity index (χ2n) is 6.05. The van der Waals surface area contributed by atoms with Crippen molar-refractivity contribution in [1.82, 2.24) is 4.90 Å². The van der Waals surface area contributed by atoms with Crippen molar-refractivity contribution in [2.45, 2.75) is 57.7 Å². The topological polar surface area (TPSA) is 55.8 Å². The predicted molar refractivity (Wildman–Crippen MR) is 65.0 cm³/mol. The lowest BCUT2D eigenvalue weighted by atomic mass is 9.89. The third kappa shape index (κ3) is 2.31. The Morgan fingerprint density at radius 3 is 2.44 bits per heavy atom. The first-order valence-corrected chi connectivity index (χ1v) is 6.42. The highest BCUT2D eigenvalue weighted by Crippen LogP contribution is 2.42. The second-order valence-corrected chi connectivity index (χ2v) is 6.05. The Bertz CT molecular complexity index is 360. The molecule has 0 aromatic heterocycles. The number of ether oxygens (including phenoxy) is 2. The molecular formula is C13H21NO4. The van der Waals surface area contributed by atoms with Gasteiger partial charge in [-0.3, -0.25) is 4.79 Å². The van der Waals surface area contributed by atoms with Gasteiger partial charge in [0.2, 0.25) is 0 Å². The van der Waals surface area contributed by atoms with Gasteiger partial charge in [0.05, 0.1) is 13.0 Å². The minimum Gasteiger partial charge on any atom is -0.469 e. The monoisotopic (exact) mass is 255 g/mol. The number of nitrogens with zero attached hydrogens (tertiary/aromatic N) is 1. The van der Waals surface area contributed by atoms with Crippen molar-refractivity contribution in [2.24, 2.45) is 5.92 Å². The summed E-state index contributed by atoms with van der Waals surface area (Å²) >= 11 is 0. The molecule has 2 bridgehead atoms. The number of amides is 1. The van der Waals surface area contributed by atoms with Gasteiger partial charge >= 0.3 is 12.1 Å². The number of carbonyl (C=O) groups excluding carboxylic acids is 2. The molecule has 1 amide bonds. The Morgan fingerprint density at radius 1 is 1.22 bits per heavy atom. The van der Waals surface area contributed by atoms with E-state index < -0.39 is 5.60 Å². The first-order valence-electron chi connectivity index (χ1n) is 6.42. The number of carbonyl (C=O) groups is 2. The Balaban J connectivity index is 2.07. The average Bonchev–Trinajstić information content (AvgIpc) is 2.82. The van der Waals surface area contributed by atoms with E-state index in [1.165, 1.54) is 7.11 Å². The van der Waals surface area contributed by atoms with Gasteiger partial charge in [-0.15, -0.1) is 0 Å². The van der Waals surface area contributed by atoms with Crippen LogP contribution in [0.25, 0.3) is 0 Å². The lowest BCUT2D eigenvalue weighted by molar-refractivity contribution is -0.146. The summed E-state index contributed by atoms with van der Waals surface area (Å²) in [6.45, 7) is 5.54. The van der Waals surface area contributed by atoms with E-state index in [4.69, 9.17) is 9.47 Å². The molecule has 2 saturated heterocycles. The first kappa shape index (κ1) is 13.2. The van der Waals surface area contributed by atoms with Gasteiger partial charge in [-0.1, -0.05) is 0 Å². The van der Waals surface area contributed by atoms with Gasteiger partial charge in [0.25, 0.3) is 0 Å². The number of hydrogen-bond acceptors (Lipinski definition) is 4. The van der Waals surface area contributed by atoms with Gasteiger partial charge in [0, 0.05) is 12.1 Å². The molecule has 0 radical (unpaired) electrons. The van der Waals surface area contributed by atoms with Gasteiger partial charge in [-0.2, -0.15) is 0 Å². The molecule has 0 aliphatic carbocycles. The maximum atomic E-state index is 12.1. The zero-order chi connectivity index (χ0) is 13.5. The fraction of sp³-hybridized carbons (Fsp3) is 0.846. The number of methoxy groups -OCH3 is 1. The minimum atomic E-state index is -0.500. The quantitative estimate of drug-likeness (QED) is 0.672. The summed E-state index contributed by atoms with van der Waals surface area (Å²) in [5.74, 6) is -0.392. The summed E-state index contributed by atoms with van der Waals surface area (Å²) in [7, 11) is 1.39. The molecule has 2 rings (SSSR count). The fourth-order valence-corrected chi connectivity index (χ4v) is 2.99. The molecule has 5 nitrogen and oxygen atoms in total. The van der Waals surface area contributed by atoms with Gasteiger partial charge in [0.15, 0.2) is 0 Å². The molecule has 2 aliphatic heterocycles. The van der Waals surface area contributed by atoms with E-state index in [9.17, 15) is 9.59 Å². The molecule has 2 fully saturated rings. The van der Waals surface area contributed by atoms with E-state index in [0.29, 0.717) is 6.42 Å². The van der Waals surface area contributed by atoms with E-state index in [0.717, 1.165) is 12.8 Å². The van der Waals surface area contributed by atoms with Crippen LogP contribution in [-0.2, 0) is 14.3 Å². The smallest absolute Gasteiger partial charge is 0.410 e. The minimum absolute atomic E-state index is 0.0442. The molecule has 0 spiro atoms. The van der Waals surface area contributed by atoms with Crippen LogP contribution in [0.4, 0.5) is 4.79 Å². The summed E-state index contributed by atoms with van der Waals surface area (Å²) in [6.07, 6.45) is 2.22. The van der Waals surface area contributed by atoms with Gasteiger partial charge in [-0.05, 0) is 40.0 Å². The fourth-order valence-electron chi connectivity index (χ4n) is 2.99. The number of hydrogen-bond donors (Lipinski definition) is 0. The highest BCUT2D eigenvalue weighted by Gasteiger charge is 2.52. The normalized spacial score (nSPS) is 30.4. The third-order valence-corrected chi connectivity index (χ3v) is 3.65. The molecule has 0 N–H and O–H groups in total. The summed E-state index contributed by atoms with van der Waals surface area (Å²) in [4.78, 5) is 25.5. The van der Waals surface area contributed by atoms with E-state index >= 15 is 0 Å². The Labute approximate surface area is 107 Å². The Morgan fingerprint density at radius 2 is 1.89 bits per heavy atom. The van der Waals surface area contributed by atoms with E-state index in [1.807, 2.05) is 20.8 Å². The van der Waals surface area contributed by atoms with Crippen molar-refractivity contribution in [3.05, 3.63) is 0 Å². The molecule has 18 heavy (non-hydrogen) atoms. The summed E-state index contributed by atoms with van der Waals surface area (Å²) in [5, 5.41) is 0. The van der Waals surface area contributed by atoms with Crippen LogP contribution in [0.15, 0.2) is 0 Å². The van der Waals surface area contributed by atoms with Gasteiger partial charge < -0.3 is 14.4 Å². The molecule has 0 aromatic carbocycles. The number of esters is 1. The molecule has 0 unspecified atom stereocenters. The number of fused-ring (bicyclic) bond motifs is 2. The van der Waals surface area contributed by atoms with E-state index in [1.54, 1.807) is 4.90 Å². The third-order valence-electron chi connectivity index (χ3n) is 3.65. The second kappa shape index (κ2) is 4.44. The van der Waals surface area contributed by atoms with Crippen LogP contribution in [0, 0.1) is 5.92 Å². The maximum absolute atomic E-state index is 12.1. The van der Waals surface area contributed by atoms with Crippen LogP contribution in [0.5, 0.6) is 0 Å².